The van der Waals surface area contributed by atoms with E-state index >= 15 is 4.39 Å². The smallest absolute Gasteiger partial charge is 0.343 e. The van der Waals surface area contributed by atoms with Crippen molar-refractivity contribution in [2.45, 2.75) is 121 Å². The first-order valence-electron chi connectivity index (χ1n) is 26.4. The SMILES string of the molecule is CC[C@@]1(O)C(=O)OCc2c1cc1n(c2=O)Cc2c-1nc1cc(F)c(C)c3c1c2[C@@H](CC(=O)[C@H](OCNC(=O)CNC(=O)[C@H](Cc1ccccc1)NC(=O)CNC(=O)CNC(=O)CCCCCN1C(=O)C=CC1=O)C1CC1)CC3. The summed E-state index contributed by atoms with van der Waals surface area (Å²) >= 11 is 0. The molecule has 2 aromatic carbocycles. The molecule has 4 aromatic rings. The van der Waals surface area contributed by atoms with Crippen LogP contribution in [0.4, 0.5) is 4.39 Å². The van der Waals surface area contributed by atoms with Gasteiger partial charge in [-0.25, -0.2) is 14.2 Å². The van der Waals surface area contributed by atoms with Gasteiger partial charge in [0, 0.05) is 60.5 Å². The van der Waals surface area contributed by atoms with Gasteiger partial charge in [0.05, 0.1) is 48.6 Å². The van der Waals surface area contributed by atoms with Crippen molar-refractivity contribution >= 4 is 64.0 Å². The molecule has 5 aliphatic rings. The zero-order valence-corrected chi connectivity index (χ0v) is 43.3. The van der Waals surface area contributed by atoms with Gasteiger partial charge >= 0.3 is 5.97 Å². The van der Waals surface area contributed by atoms with Crippen molar-refractivity contribution < 1.29 is 62.1 Å². The Bertz CT molecular complexity index is 3210. The van der Waals surface area contributed by atoms with Crippen LogP contribution in [0.2, 0.25) is 0 Å². The molecule has 410 valence electrons. The zero-order valence-electron chi connectivity index (χ0n) is 43.3. The van der Waals surface area contributed by atoms with Gasteiger partial charge in [-0.2, -0.15) is 0 Å². The summed E-state index contributed by atoms with van der Waals surface area (Å²) in [4.78, 5) is 135. The number of benzene rings is 2. The number of unbranched alkanes of at least 4 members (excludes halogenated alkanes) is 2. The van der Waals surface area contributed by atoms with E-state index in [1.165, 1.54) is 22.8 Å². The molecular weight excluding hydrogens is 1010 g/mol. The summed E-state index contributed by atoms with van der Waals surface area (Å²) in [5.74, 6) is -5.78. The van der Waals surface area contributed by atoms with Gasteiger partial charge in [-0.1, -0.05) is 43.7 Å². The number of rotatable bonds is 24. The number of nitrogens with zero attached hydrogens (tertiary/aromatic N) is 3. The molecule has 6 N–H and O–H groups in total. The highest BCUT2D eigenvalue weighted by Gasteiger charge is 2.46. The maximum atomic E-state index is 15.5. The Labute approximate surface area is 447 Å². The van der Waals surface area contributed by atoms with E-state index in [0.717, 1.165) is 34.3 Å². The number of fused-ring (bicyclic) bond motifs is 5. The predicted molar refractivity (Wildman–Crippen MR) is 276 cm³/mol. The quantitative estimate of drug-likeness (QED) is 0.0223. The van der Waals surface area contributed by atoms with Gasteiger partial charge in [0.1, 0.15) is 31.3 Å². The van der Waals surface area contributed by atoms with Crippen molar-refractivity contribution in [3.8, 4) is 11.4 Å². The minimum atomic E-state index is -2.04. The van der Waals surface area contributed by atoms with Crippen LogP contribution in [-0.2, 0) is 84.2 Å². The number of hydrogen-bond donors (Lipinski definition) is 6. The van der Waals surface area contributed by atoms with Crippen LogP contribution in [0, 0.1) is 18.7 Å². The molecule has 4 atom stereocenters. The first kappa shape index (κ1) is 54.8. The number of carbonyl (C=O) groups is 9. The predicted octanol–water partition coefficient (Wildman–Crippen LogP) is 1.95. The van der Waals surface area contributed by atoms with Crippen molar-refractivity contribution in [1.29, 1.82) is 0 Å². The fourth-order valence-electron chi connectivity index (χ4n) is 10.9. The molecule has 1 saturated carbocycles. The second-order valence-corrected chi connectivity index (χ2v) is 20.4. The molecule has 21 nitrogen and oxygen atoms in total. The van der Waals surface area contributed by atoms with Gasteiger partial charge < -0.3 is 45.7 Å². The molecule has 0 spiro atoms. The number of ketones is 1. The normalized spacial score (nSPS) is 18.6. The van der Waals surface area contributed by atoms with Crippen LogP contribution in [0.5, 0.6) is 0 Å². The van der Waals surface area contributed by atoms with Crippen LogP contribution >= 0.6 is 0 Å². The fraction of sp³-hybridized carbons (Fsp3) is 0.446. The number of imide groups is 1. The summed E-state index contributed by atoms with van der Waals surface area (Å²) in [5.41, 5.74) is 2.38. The highest BCUT2D eigenvalue weighted by molar-refractivity contribution is 6.12. The van der Waals surface area contributed by atoms with E-state index in [2.05, 4.69) is 26.6 Å². The summed E-state index contributed by atoms with van der Waals surface area (Å²) in [6, 6.07) is 10.6. The standard InChI is InChI=1S/C56H61FN8O13/c1-3-56(76)37-22-41-51-35(27-65(41)54(74)36(37)28-77-55(56)75)49-33(15-16-34-30(2)38(57)23-39(63-51)50(34)49)21-42(66)52(32-13-14-32)78-29-61-45(69)25-60-53(73)40(20-31-10-6-4-7-11-31)62-46(70)26-59-44(68)24-58-43(67)12-8-5-9-19-64-47(71)17-18-48(64)72/h4,6-7,10-11,17-18,22-23,32-33,40,52,76H,3,5,8-9,12-16,19-21,24-29H2,1-2H3,(H,58,67)(H,59,68)(H,60,73)(H,61,69)(H,62,70)/t33-,40+,52-,56+/m1/s1. The van der Waals surface area contributed by atoms with Crippen LogP contribution in [0.15, 0.2) is 59.4 Å². The molecule has 2 aromatic heterocycles. The van der Waals surface area contributed by atoms with Gasteiger partial charge in [-0.05, 0) is 92.0 Å². The van der Waals surface area contributed by atoms with Crippen molar-refractivity contribution in [1.82, 2.24) is 41.0 Å². The van der Waals surface area contributed by atoms with Gasteiger partial charge in [0.25, 0.3) is 17.4 Å². The number of aryl methyl sites for hydroxylation is 1. The average Bonchev–Trinajstić information content (AvgIpc) is 4.32. The molecule has 22 heteroatoms. The number of hydrogen-bond acceptors (Lipinski definition) is 14. The number of amides is 7. The number of pyridine rings is 2. The summed E-state index contributed by atoms with van der Waals surface area (Å²) in [6.45, 7) is 1.60. The van der Waals surface area contributed by atoms with Crippen molar-refractivity contribution in [3.63, 3.8) is 0 Å². The van der Waals surface area contributed by atoms with E-state index in [0.29, 0.717) is 65.7 Å². The number of nitrogens with one attached hydrogen (secondary N) is 5. The molecule has 0 radical (unpaired) electrons. The zero-order chi connectivity index (χ0) is 55.4. The van der Waals surface area contributed by atoms with Gasteiger partial charge in [-0.15, -0.1) is 0 Å². The van der Waals surface area contributed by atoms with Crippen LogP contribution in [0.1, 0.15) is 110 Å². The van der Waals surface area contributed by atoms with E-state index in [-0.39, 0.29) is 92.7 Å². The van der Waals surface area contributed by atoms with Crippen molar-refractivity contribution in [2.24, 2.45) is 5.92 Å². The van der Waals surface area contributed by atoms with Gasteiger partial charge in [0.2, 0.25) is 29.5 Å². The number of aliphatic hydroxyl groups is 1. The van der Waals surface area contributed by atoms with Crippen molar-refractivity contribution in [3.05, 3.63) is 110 Å². The molecule has 0 saturated heterocycles. The molecule has 78 heavy (non-hydrogen) atoms. The monoisotopic (exact) mass is 1070 g/mol. The van der Waals surface area contributed by atoms with E-state index in [4.69, 9.17) is 14.5 Å². The van der Waals surface area contributed by atoms with E-state index in [9.17, 15) is 53.1 Å². The number of carbonyl (C=O) groups excluding carboxylic acids is 9. The van der Waals surface area contributed by atoms with E-state index < -0.39 is 84.3 Å². The lowest BCUT2D eigenvalue weighted by Gasteiger charge is -2.31. The Kier molecular flexibility index (Phi) is 16.4. The number of cyclic esters (lactones) is 1. The van der Waals surface area contributed by atoms with Crippen LogP contribution < -0.4 is 32.1 Å². The van der Waals surface area contributed by atoms with Crippen LogP contribution in [-0.4, -0.2) is 118 Å². The second kappa shape index (κ2) is 23.3. The lowest BCUT2D eigenvalue weighted by atomic mass is 9.76. The van der Waals surface area contributed by atoms with E-state index in [1.54, 1.807) is 50.2 Å². The van der Waals surface area contributed by atoms with Crippen molar-refractivity contribution in [2.75, 3.05) is 32.9 Å². The van der Waals surface area contributed by atoms with Gasteiger partial charge in [-0.3, -0.25) is 48.1 Å². The highest BCUT2D eigenvalue weighted by atomic mass is 19.1. The lowest BCUT2D eigenvalue weighted by molar-refractivity contribution is -0.172. The Balaban J connectivity index is 0.777. The molecule has 0 bridgehead atoms. The average molecular weight is 1070 g/mol. The molecule has 3 aliphatic heterocycles. The third kappa shape index (κ3) is 11.6. The summed E-state index contributed by atoms with van der Waals surface area (Å²) in [5, 5.41) is 24.8. The summed E-state index contributed by atoms with van der Waals surface area (Å²) in [6.07, 6.45) is 5.67. The number of aromatic nitrogens is 2. The number of halogens is 1. The molecule has 1 fully saturated rings. The molecule has 0 unspecified atom stereocenters. The minimum absolute atomic E-state index is 0.0382. The third-order valence-electron chi connectivity index (χ3n) is 15.3. The third-order valence-corrected chi connectivity index (χ3v) is 15.3. The number of Topliss-reactive ketones (excluding diaryl/α,β-unsaturated/α-hetero) is 1. The Morgan fingerprint density at radius 2 is 1.56 bits per heavy atom. The van der Waals surface area contributed by atoms with E-state index in [1.807, 2.05) is 0 Å². The molecule has 5 heterocycles. The summed E-state index contributed by atoms with van der Waals surface area (Å²) < 4.78 is 28.4. The van der Waals surface area contributed by atoms with Crippen LogP contribution in [0.3, 0.4) is 0 Å². The van der Waals surface area contributed by atoms with Crippen LogP contribution in [0.25, 0.3) is 22.3 Å². The number of ether oxygens (including phenoxy) is 2. The molecule has 2 aliphatic carbocycles. The maximum Gasteiger partial charge on any atom is 0.343 e. The maximum absolute atomic E-state index is 15.5. The summed E-state index contributed by atoms with van der Waals surface area (Å²) in [7, 11) is 0. The highest BCUT2D eigenvalue weighted by Crippen LogP contribution is 2.48. The fourth-order valence-corrected chi connectivity index (χ4v) is 10.9. The molecule has 9 rings (SSSR count). The topological polar surface area (TPSA) is 291 Å². The Morgan fingerprint density at radius 3 is 2.29 bits per heavy atom. The molecular formula is C56H61FN8O13. The Hall–Kier alpha value is -7.98. The van der Waals surface area contributed by atoms with Gasteiger partial charge in [0.15, 0.2) is 11.4 Å². The largest absolute Gasteiger partial charge is 0.458 e. The second-order valence-electron chi connectivity index (χ2n) is 20.4. The Morgan fingerprint density at radius 1 is 0.859 bits per heavy atom. The first-order chi connectivity index (χ1) is 37.4. The lowest BCUT2D eigenvalue weighted by Crippen LogP contribution is -2.52. The molecule has 7 amide bonds. The minimum Gasteiger partial charge on any atom is -0.458 e. The first-order valence-corrected chi connectivity index (χ1v) is 26.4. The number of esters is 1.